The maximum Gasteiger partial charge on any atom is 0.321 e. The number of para-hydroxylation sites is 1. The third kappa shape index (κ3) is 3.34. The molecule has 1 aliphatic heterocycles. The Morgan fingerprint density at radius 1 is 1.43 bits per heavy atom. The summed E-state index contributed by atoms with van der Waals surface area (Å²) >= 11 is 0. The largest absolute Gasteiger partial charge is 0.481 e. The number of carbonyl (C=O) groups excluding carboxylic acids is 1. The van der Waals surface area contributed by atoms with Gasteiger partial charge >= 0.3 is 12.0 Å². The van der Waals surface area contributed by atoms with Gasteiger partial charge in [0.25, 0.3) is 0 Å². The molecule has 0 fully saturated rings. The number of terminal acetylenes is 1. The molecule has 2 amide bonds. The van der Waals surface area contributed by atoms with E-state index in [1.165, 1.54) is 0 Å². The molecule has 0 spiro atoms. The van der Waals surface area contributed by atoms with Crippen molar-refractivity contribution in [2.24, 2.45) is 0 Å². The van der Waals surface area contributed by atoms with E-state index >= 15 is 0 Å². The molecular weight excluding hydrogens is 268 g/mol. The number of carboxylic acid groups (broad SMARTS) is 1. The number of urea groups is 1. The summed E-state index contributed by atoms with van der Waals surface area (Å²) in [6, 6.07) is 6.95. The number of aliphatic carboxylic acids is 1. The smallest absolute Gasteiger partial charge is 0.321 e. The topological polar surface area (TPSA) is 69.6 Å². The first-order valence-corrected chi connectivity index (χ1v) is 6.95. The van der Waals surface area contributed by atoms with Crippen LogP contribution in [0.1, 0.15) is 30.7 Å². The summed E-state index contributed by atoms with van der Waals surface area (Å²) in [4.78, 5) is 25.1. The SMILES string of the molecule is C#CCCCNC(=O)N1CCC(C(=O)O)c2ccccc21. The number of carbonyl (C=O) groups is 2. The molecule has 0 saturated carbocycles. The molecule has 1 heterocycles. The van der Waals surface area contributed by atoms with Crippen molar-refractivity contribution >= 4 is 17.7 Å². The lowest BCUT2D eigenvalue weighted by Crippen LogP contribution is -2.44. The van der Waals surface area contributed by atoms with E-state index in [1.54, 1.807) is 23.1 Å². The predicted octanol–water partition coefficient (Wildman–Crippen LogP) is 2.19. The van der Waals surface area contributed by atoms with E-state index < -0.39 is 11.9 Å². The van der Waals surface area contributed by atoms with Crippen LogP contribution >= 0.6 is 0 Å². The predicted molar refractivity (Wildman–Crippen MR) is 80.2 cm³/mol. The van der Waals surface area contributed by atoms with Crippen LogP contribution in [0.2, 0.25) is 0 Å². The number of nitrogens with one attached hydrogen (secondary N) is 1. The Hall–Kier alpha value is -2.48. The molecule has 2 rings (SSSR count). The van der Waals surface area contributed by atoms with Crippen LogP contribution in [0.5, 0.6) is 0 Å². The highest BCUT2D eigenvalue weighted by Crippen LogP contribution is 2.35. The number of benzene rings is 1. The zero-order valence-electron chi connectivity index (χ0n) is 11.7. The molecule has 2 N–H and O–H groups in total. The number of fused-ring (bicyclic) bond motifs is 1. The molecule has 1 aromatic carbocycles. The summed E-state index contributed by atoms with van der Waals surface area (Å²) < 4.78 is 0. The third-order valence-electron chi connectivity index (χ3n) is 3.56. The van der Waals surface area contributed by atoms with Crippen LogP contribution in [0.15, 0.2) is 24.3 Å². The van der Waals surface area contributed by atoms with Gasteiger partial charge in [-0.05, 0) is 24.5 Å². The third-order valence-corrected chi connectivity index (χ3v) is 3.56. The van der Waals surface area contributed by atoms with Crippen LogP contribution in [0.25, 0.3) is 0 Å². The van der Waals surface area contributed by atoms with Crippen molar-refractivity contribution in [1.82, 2.24) is 5.32 Å². The zero-order chi connectivity index (χ0) is 15.2. The van der Waals surface area contributed by atoms with Crippen molar-refractivity contribution in [1.29, 1.82) is 0 Å². The summed E-state index contributed by atoms with van der Waals surface area (Å²) in [5, 5.41) is 12.1. The Morgan fingerprint density at radius 3 is 2.90 bits per heavy atom. The number of anilines is 1. The number of carboxylic acids is 1. The van der Waals surface area contributed by atoms with Crippen molar-refractivity contribution in [2.75, 3.05) is 18.0 Å². The van der Waals surface area contributed by atoms with Crippen molar-refractivity contribution in [3.63, 3.8) is 0 Å². The van der Waals surface area contributed by atoms with Crippen molar-refractivity contribution in [2.45, 2.75) is 25.2 Å². The van der Waals surface area contributed by atoms with Crippen molar-refractivity contribution in [3.05, 3.63) is 29.8 Å². The van der Waals surface area contributed by atoms with Crippen LogP contribution in [0.4, 0.5) is 10.5 Å². The number of unbranched alkanes of at least 4 members (excludes halogenated alkanes) is 1. The Kier molecular flexibility index (Phi) is 4.83. The highest BCUT2D eigenvalue weighted by atomic mass is 16.4. The second-order valence-corrected chi connectivity index (χ2v) is 4.93. The molecule has 0 aromatic heterocycles. The molecule has 1 aliphatic rings. The second-order valence-electron chi connectivity index (χ2n) is 4.93. The Bertz CT molecular complexity index is 577. The molecule has 0 saturated heterocycles. The van der Waals surface area contributed by atoms with Gasteiger partial charge in [-0.2, -0.15) is 0 Å². The maximum absolute atomic E-state index is 12.2. The van der Waals surface area contributed by atoms with E-state index in [4.69, 9.17) is 6.42 Å². The summed E-state index contributed by atoms with van der Waals surface area (Å²) in [6.45, 7) is 0.916. The molecule has 0 bridgehead atoms. The number of nitrogens with zero attached hydrogens (tertiary/aromatic N) is 1. The van der Waals surface area contributed by atoms with Gasteiger partial charge in [-0.25, -0.2) is 4.79 Å². The van der Waals surface area contributed by atoms with E-state index in [9.17, 15) is 14.7 Å². The number of rotatable bonds is 4. The van der Waals surface area contributed by atoms with Crippen molar-refractivity contribution in [3.8, 4) is 12.3 Å². The number of amides is 2. The van der Waals surface area contributed by atoms with Gasteiger partial charge in [0.1, 0.15) is 0 Å². The summed E-state index contributed by atoms with van der Waals surface area (Å²) in [5.74, 6) is 1.12. The standard InChI is InChI=1S/C16H18N2O3/c1-2-3-6-10-17-16(21)18-11-9-13(15(19)20)12-7-4-5-8-14(12)18/h1,4-5,7-8,13H,3,6,9-11H2,(H,17,21)(H,19,20). The lowest BCUT2D eigenvalue weighted by Gasteiger charge is -2.32. The van der Waals surface area contributed by atoms with Crippen LogP contribution in [0, 0.1) is 12.3 Å². The van der Waals surface area contributed by atoms with Crippen LogP contribution in [-0.4, -0.2) is 30.2 Å². The van der Waals surface area contributed by atoms with Gasteiger partial charge in [0.2, 0.25) is 0 Å². The second kappa shape index (κ2) is 6.80. The van der Waals surface area contributed by atoms with E-state index in [2.05, 4.69) is 11.2 Å². The van der Waals surface area contributed by atoms with Gasteiger partial charge in [-0.3, -0.25) is 9.69 Å². The fourth-order valence-corrected chi connectivity index (χ4v) is 2.51. The van der Waals surface area contributed by atoms with Crippen LogP contribution < -0.4 is 10.2 Å². The average Bonchev–Trinajstić information content (AvgIpc) is 2.50. The molecule has 1 atom stereocenters. The van der Waals surface area contributed by atoms with Crippen LogP contribution in [-0.2, 0) is 4.79 Å². The van der Waals surface area contributed by atoms with Gasteiger partial charge in [-0.15, -0.1) is 12.3 Å². The fraction of sp³-hybridized carbons (Fsp3) is 0.375. The zero-order valence-corrected chi connectivity index (χ0v) is 11.7. The minimum Gasteiger partial charge on any atom is -0.481 e. The lowest BCUT2D eigenvalue weighted by molar-refractivity contribution is -0.139. The number of hydrogen-bond acceptors (Lipinski definition) is 2. The fourth-order valence-electron chi connectivity index (χ4n) is 2.51. The molecule has 0 radical (unpaired) electrons. The van der Waals surface area contributed by atoms with E-state index in [0.717, 1.165) is 6.42 Å². The minimum absolute atomic E-state index is 0.205. The molecule has 5 nitrogen and oxygen atoms in total. The lowest BCUT2D eigenvalue weighted by atomic mass is 9.90. The van der Waals surface area contributed by atoms with E-state index in [1.807, 2.05) is 6.07 Å². The van der Waals surface area contributed by atoms with Gasteiger partial charge < -0.3 is 10.4 Å². The highest BCUT2D eigenvalue weighted by Gasteiger charge is 2.32. The van der Waals surface area contributed by atoms with E-state index in [0.29, 0.717) is 37.2 Å². The van der Waals surface area contributed by atoms with Crippen LogP contribution in [0.3, 0.4) is 0 Å². The molecule has 0 aliphatic carbocycles. The quantitative estimate of drug-likeness (QED) is 0.658. The molecule has 110 valence electrons. The summed E-state index contributed by atoms with van der Waals surface area (Å²) in [5.41, 5.74) is 1.36. The van der Waals surface area contributed by atoms with E-state index in [-0.39, 0.29) is 6.03 Å². The Labute approximate surface area is 124 Å². The Balaban J connectivity index is 2.12. The highest BCUT2D eigenvalue weighted by molar-refractivity contribution is 5.95. The van der Waals surface area contributed by atoms with Gasteiger partial charge in [-0.1, -0.05) is 18.2 Å². The molecule has 1 unspecified atom stereocenters. The Morgan fingerprint density at radius 2 is 2.19 bits per heavy atom. The maximum atomic E-state index is 12.2. The normalized spacial score (nSPS) is 16.7. The first-order valence-electron chi connectivity index (χ1n) is 6.95. The first-order chi connectivity index (χ1) is 10.1. The molecule has 5 heteroatoms. The molecule has 21 heavy (non-hydrogen) atoms. The summed E-state index contributed by atoms with van der Waals surface area (Å²) in [6.07, 6.45) is 6.94. The van der Waals surface area contributed by atoms with Crippen molar-refractivity contribution < 1.29 is 14.7 Å². The van der Waals surface area contributed by atoms with Gasteiger partial charge in [0.15, 0.2) is 0 Å². The summed E-state index contributed by atoms with van der Waals surface area (Å²) in [7, 11) is 0. The number of hydrogen-bond donors (Lipinski definition) is 2. The molecule has 1 aromatic rings. The van der Waals surface area contributed by atoms with Gasteiger partial charge in [0, 0.05) is 25.2 Å². The minimum atomic E-state index is -0.850. The molecular formula is C16H18N2O3. The van der Waals surface area contributed by atoms with Gasteiger partial charge in [0.05, 0.1) is 5.92 Å². The monoisotopic (exact) mass is 286 g/mol. The first kappa shape index (κ1) is 14.9. The average molecular weight is 286 g/mol.